The first-order valence-electron chi connectivity index (χ1n) is 7.01. The van der Waals surface area contributed by atoms with E-state index in [-0.39, 0.29) is 5.91 Å². The summed E-state index contributed by atoms with van der Waals surface area (Å²) in [6, 6.07) is 7.58. The summed E-state index contributed by atoms with van der Waals surface area (Å²) in [5.74, 6) is 3.29. The fourth-order valence-corrected chi connectivity index (χ4v) is 2.34. The number of nitrogens with one attached hydrogen (secondary N) is 1. The number of furan rings is 1. The van der Waals surface area contributed by atoms with Crippen LogP contribution in [0.15, 0.2) is 41.1 Å². The average molecular weight is 270 g/mol. The minimum absolute atomic E-state index is 0.00561. The van der Waals surface area contributed by atoms with Crippen molar-refractivity contribution in [3.8, 4) is 0 Å². The van der Waals surface area contributed by atoms with Gasteiger partial charge >= 0.3 is 0 Å². The third kappa shape index (κ3) is 3.07. The van der Waals surface area contributed by atoms with E-state index < -0.39 is 0 Å². The fourth-order valence-electron chi connectivity index (χ4n) is 2.34. The lowest BCUT2D eigenvalue weighted by atomic mass is 10.2. The molecule has 1 fully saturated rings. The largest absolute Gasteiger partial charge is 0.466 e. The molecular formula is C16H18N2O2. The van der Waals surface area contributed by atoms with E-state index in [2.05, 4.69) is 17.2 Å². The molecular weight excluding hydrogens is 252 g/mol. The minimum Gasteiger partial charge on any atom is -0.466 e. The first kappa shape index (κ1) is 12.9. The van der Waals surface area contributed by atoms with Gasteiger partial charge in [0.2, 0.25) is 5.91 Å². The van der Waals surface area contributed by atoms with Crippen LogP contribution in [0.5, 0.6) is 0 Å². The van der Waals surface area contributed by atoms with Gasteiger partial charge in [0, 0.05) is 36.8 Å². The summed E-state index contributed by atoms with van der Waals surface area (Å²) < 4.78 is 5.79. The number of anilines is 1. The van der Waals surface area contributed by atoms with Crippen LogP contribution in [0.4, 0.5) is 5.69 Å². The van der Waals surface area contributed by atoms with Gasteiger partial charge in [0.25, 0.3) is 0 Å². The van der Waals surface area contributed by atoms with E-state index >= 15 is 0 Å². The van der Waals surface area contributed by atoms with Crippen LogP contribution in [0, 0.1) is 5.92 Å². The molecule has 1 amide bonds. The lowest BCUT2D eigenvalue weighted by molar-refractivity contribution is -0.116. The molecule has 0 aromatic carbocycles. The van der Waals surface area contributed by atoms with Crippen molar-refractivity contribution in [2.45, 2.75) is 32.1 Å². The summed E-state index contributed by atoms with van der Waals surface area (Å²) in [6.07, 6.45) is 5.60. The van der Waals surface area contributed by atoms with E-state index in [1.807, 2.05) is 12.1 Å². The van der Waals surface area contributed by atoms with Crippen molar-refractivity contribution in [2.24, 2.45) is 5.92 Å². The third-order valence-electron chi connectivity index (χ3n) is 3.72. The van der Waals surface area contributed by atoms with Crippen molar-refractivity contribution in [1.29, 1.82) is 0 Å². The quantitative estimate of drug-likeness (QED) is 0.906. The number of nitrogens with zero attached hydrogens (tertiary/aromatic N) is 1. The van der Waals surface area contributed by atoms with E-state index in [1.54, 1.807) is 24.5 Å². The lowest BCUT2D eigenvalue weighted by Gasteiger charge is -2.03. The second-order valence-electron chi connectivity index (χ2n) is 5.41. The maximum Gasteiger partial charge on any atom is 0.224 e. The maximum absolute atomic E-state index is 11.8. The van der Waals surface area contributed by atoms with Gasteiger partial charge in [0.1, 0.15) is 11.5 Å². The van der Waals surface area contributed by atoms with Gasteiger partial charge in [-0.1, -0.05) is 6.92 Å². The van der Waals surface area contributed by atoms with Crippen molar-refractivity contribution < 1.29 is 9.21 Å². The van der Waals surface area contributed by atoms with Crippen LogP contribution in [-0.2, 0) is 11.2 Å². The summed E-state index contributed by atoms with van der Waals surface area (Å²) in [6.45, 7) is 2.23. The Kier molecular flexibility index (Phi) is 3.54. The van der Waals surface area contributed by atoms with Crippen molar-refractivity contribution in [3.63, 3.8) is 0 Å². The molecule has 20 heavy (non-hydrogen) atoms. The predicted octanol–water partition coefficient (Wildman–Crippen LogP) is 3.37. The topological polar surface area (TPSA) is 55.1 Å². The highest BCUT2D eigenvalue weighted by atomic mass is 16.3. The summed E-state index contributed by atoms with van der Waals surface area (Å²) in [5, 5.41) is 2.84. The molecule has 0 radical (unpaired) electrons. The fraction of sp³-hybridized carbons (Fsp3) is 0.375. The molecule has 1 saturated carbocycles. The average Bonchev–Trinajstić information content (AvgIpc) is 3.01. The first-order chi connectivity index (χ1) is 9.72. The Morgan fingerprint density at radius 3 is 2.80 bits per heavy atom. The number of aryl methyl sites for hydroxylation is 1. The van der Waals surface area contributed by atoms with Gasteiger partial charge in [-0.25, -0.2) is 0 Å². The molecule has 104 valence electrons. The summed E-state index contributed by atoms with van der Waals surface area (Å²) in [5.41, 5.74) is 0.775. The van der Waals surface area contributed by atoms with Gasteiger partial charge in [0.15, 0.2) is 0 Å². The normalized spacial score (nSPS) is 20.6. The van der Waals surface area contributed by atoms with Crippen LogP contribution in [0.3, 0.4) is 0 Å². The summed E-state index contributed by atoms with van der Waals surface area (Å²) in [4.78, 5) is 15.7. The summed E-state index contributed by atoms with van der Waals surface area (Å²) >= 11 is 0. The number of rotatable bonds is 5. The predicted molar refractivity (Wildman–Crippen MR) is 76.4 cm³/mol. The highest BCUT2D eigenvalue weighted by Gasteiger charge is 2.36. The molecule has 0 unspecified atom stereocenters. The zero-order valence-electron chi connectivity index (χ0n) is 11.5. The van der Waals surface area contributed by atoms with Crippen LogP contribution >= 0.6 is 0 Å². The van der Waals surface area contributed by atoms with E-state index in [0.29, 0.717) is 18.8 Å². The molecule has 1 aliphatic rings. The molecule has 2 aromatic rings. The molecule has 4 heteroatoms. The molecule has 2 heterocycles. The number of aromatic nitrogens is 1. The van der Waals surface area contributed by atoms with Crippen LogP contribution in [-0.4, -0.2) is 10.9 Å². The Morgan fingerprint density at radius 1 is 1.35 bits per heavy atom. The van der Waals surface area contributed by atoms with Gasteiger partial charge in [-0.15, -0.1) is 0 Å². The van der Waals surface area contributed by atoms with E-state index in [9.17, 15) is 4.79 Å². The van der Waals surface area contributed by atoms with Crippen LogP contribution < -0.4 is 5.32 Å². The third-order valence-corrected chi connectivity index (χ3v) is 3.72. The number of carbonyl (C=O) groups excluding carboxylic acids is 1. The molecule has 1 aliphatic carbocycles. The van der Waals surface area contributed by atoms with Crippen LogP contribution in [0.2, 0.25) is 0 Å². The highest BCUT2D eigenvalue weighted by molar-refractivity contribution is 5.90. The molecule has 0 spiro atoms. The van der Waals surface area contributed by atoms with E-state index in [1.165, 1.54) is 6.42 Å². The van der Waals surface area contributed by atoms with Gasteiger partial charge < -0.3 is 9.73 Å². The molecule has 2 atom stereocenters. The zero-order chi connectivity index (χ0) is 13.9. The molecule has 1 N–H and O–H groups in total. The number of carbonyl (C=O) groups is 1. The standard InChI is InChI=1S/C16H18N2O2/c1-11-10-14(11)15-4-2-13(20-15)3-5-16(19)18-12-6-8-17-9-7-12/h2,4,6-9,11,14H,3,5,10H2,1H3,(H,17,18,19)/t11-,14+/m1/s1. The first-order valence-corrected chi connectivity index (χ1v) is 7.01. The lowest BCUT2D eigenvalue weighted by Crippen LogP contribution is -2.12. The van der Waals surface area contributed by atoms with Crippen LogP contribution in [0.25, 0.3) is 0 Å². The van der Waals surface area contributed by atoms with E-state index in [4.69, 9.17) is 4.42 Å². The molecule has 4 nitrogen and oxygen atoms in total. The SMILES string of the molecule is C[C@@H]1C[C@@H]1c1ccc(CCC(=O)Nc2ccncc2)o1. The Hall–Kier alpha value is -2.10. The van der Waals surface area contributed by atoms with Crippen LogP contribution in [0.1, 0.15) is 37.2 Å². The molecule has 3 rings (SSSR count). The van der Waals surface area contributed by atoms with Crippen molar-refractivity contribution in [3.05, 3.63) is 48.2 Å². The Labute approximate surface area is 118 Å². The van der Waals surface area contributed by atoms with Crippen molar-refractivity contribution >= 4 is 11.6 Å². The van der Waals surface area contributed by atoms with Crippen molar-refractivity contribution in [1.82, 2.24) is 4.98 Å². The Balaban J connectivity index is 1.49. The summed E-state index contributed by atoms with van der Waals surface area (Å²) in [7, 11) is 0. The second-order valence-corrected chi connectivity index (χ2v) is 5.41. The number of hydrogen-bond acceptors (Lipinski definition) is 3. The Morgan fingerprint density at radius 2 is 2.10 bits per heavy atom. The second kappa shape index (κ2) is 5.49. The zero-order valence-corrected chi connectivity index (χ0v) is 11.5. The molecule has 2 aromatic heterocycles. The Bertz CT molecular complexity index is 592. The number of hydrogen-bond donors (Lipinski definition) is 1. The minimum atomic E-state index is -0.00561. The van der Waals surface area contributed by atoms with Gasteiger partial charge in [-0.3, -0.25) is 9.78 Å². The highest BCUT2D eigenvalue weighted by Crippen LogP contribution is 2.47. The maximum atomic E-state index is 11.8. The van der Waals surface area contributed by atoms with Gasteiger partial charge in [-0.05, 0) is 36.6 Å². The number of pyridine rings is 1. The molecule has 0 aliphatic heterocycles. The molecule has 0 saturated heterocycles. The smallest absolute Gasteiger partial charge is 0.224 e. The monoisotopic (exact) mass is 270 g/mol. The number of amides is 1. The van der Waals surface area contributed by atoms with E-state index in [0.717, 1.165) is 23.1 Å². The van der Waals surface area contributed by atoms with Gasteiger partial charge in [0.05, 0.1) is 0 Å². The van der Waals surface area contributed by atoms with Crippen molar-refractivity contribution in [2.75, 3.05) is 5.32 Å². The van der Waals surface area contributed by atoms with Gasteiger partial charge in [-0.2, -0.15) is 0 Å². The molecule has 0 bridgehead atoms.